The van der Waals surface area contributed by atoms with Crippen LogP contribution in [0.2, 0.25) is 0 Å². The van der Waals surface area contributed by atoms with Crippen LogP contribution in [0, 0.1) is 5.82 Å². The Balaban J connectivity index is 1.53. The van der Waals surface area contributed by atoms with Gasteiger partial charge in [-0.1, -0.05) is 52.3 Å². The molecule has 0 radical (unpaired) electrons. The number of hydrogen-bond donors (Lipinski definition) is 1. The van der Waals surface area contributed by atoms with E-state index < -0.39 is 0 Å². The van der Waals surface area contributed by atoms with Crippen molar-refractivity contribution in [3.63, 3.8) is 0 Å². The van der Waals surface area contributed by atoms with Crippen molar-refractivity contribution in [2.75, 3.05) is 0 Å². The lowest BCUT2D eigenvalue weighted by atomic mass is 10.2. The van der Waals surface area contributed by atoms with Gasteiger partial charge in [0, 0.05) is 15.6 Å². The number of hydrazone groups is 1. The fourth-order valence-electron chi connectivity index (χ4n) is 2.51. The molecule has 0 heterocycles. The van der Waals surface area contributed by atoms with Gasteiger partial charge < -0.3 is 4.74 Å². The van der Waals surface area contributed by atoms with Gasteiger partial charge in [0.2, 0.25) is 0 Å². The van der Waals surface area contributed by atoms with Gasteiger partial charge in [0.15, 0.2) is 0 Å². The van der Waals surface area contributed by atoms with Gasteiger partial charge in [-0.15, -0.1) is 0 Å². The summed E-state index contributed by atoms with van der Waals surface area (Å²) in [4.78, 5) is 12.3. The average molecular weight is 467 g/mol. The van der Waals surface area contributed by atoms with Crippen LogP contribution in [0.1, 0.15) is 28.4 Å². The maximum Gasteiger partial charge on any atom is 0.271 e. The smallest absolute Gasteiger partial charge is 0.271 e. The maximum absolute atomic E-state index is 13.6. The third-order valence-corrected chi connectivity index (χ3v) is 4.71. The number of benzene rings is 3. The Bertz CT molecular complexity index is 1060. The van der Waals surface area contributed by atoms with Crippen LogP contribution in [-0.2, 0) is 6.61 Å². The molecule has 1 N–H and O–H groups in total. The summed E-state index contributed by atoms with van der Waals surface area (Å²) in [6.45, 7) is 2.16. The summed E-state index contributed by atoms with van der Waals surface area (Å²) in [5.41, 5.74) is 5.00. The Kier molecular flexibility index (Phi) is 7.51. The van der Waals surface area contributed by atoms with Gasteiger partial charge in [-0.3, -0.25) is 4.79 Å². The minimum atomic E-state index is -0.340. The minimum absolute atomic E-state index is 0.312. The van der Waals surface area contributed by atoms with Crippen LogP contribution >= 0.6 is 15.9 Å². The van der Waals surface area contributed by atoms with Crippen LogP contribution < -0.4 is 10.2 Å². The van der Waals surface area contributed by atoms with Gasteiger partial charge in [0.05, 0.1) is 5.71 Å². The summed E-state index contributed by atoms with van der Waals surface area (Å²) in [5.74, 6) is 0.0168. The number of allylic oxidation sites excluding steroid dienone is 1. The number of carbonyl (C=O) groups excluding carboxylic acids is 1. The predicted molar refractivity (Wildman–Crippen MR) is 121 cm³/mol. The average Bonchev–Trinajstić information content (AvgIpc) is 2.77. The van der Waals surface area contributed by atoms with Crippen LogP contribution in [0.3, 0.4) is 0 Å². The highest BCUT2D eigenvalue weighted by Crippen LogP contribution is 2.16. The second-order valence-electron chi connectivity index (χ2n) is 6.49. The van der Waals surface area contributed by atoms with E-state index in [1.807, 2.05) is 24.3 Å². The van der Waals surface area contributed by atoms with E-state index in [-0.39, 0.29) is 11.7 Å². The lowest BCUT2D eigenvalue weighted by Crippen LogP contribution is -2.18. The Morgan fingerprint density at radius 2 is 1.77 bits per heavy atom. The van der Waals surface area contributed by atoms with Crippen molar-refractivity contribution in [2.24, 2.45) is 5.10 Å². The predicted octanol–water partition coefficient (Wildman–Crippen LogP) is 5.99. The molecular weight excluding hydrogens is 447 g/mol. The van der Waals surface area contributed by atoms with E-state index in [1.165, 1.54) is 6.07 Å². The molecule has 3 aromatic rings. The molecule has 0 spiro atoms. The minimum Gasteiger partial charge on any atom is -0.489 e. The highest BCUT2D eigenvalue weighted by Gasteiger charge is 2.05. The third-order valence-electron chi connectivity index (χ3n) is 4.18. The van der Waals surface area contributed by atoms with Crippen LogP contribution in [-0.4, -0.2) is 11.6 Å². The van der Waals surface area contributed by atoms with Crippen molar-refractivity contribution in [3.8, 4) is 5.75 Å². The Hall–Kier alpha value is -3.25. The summed E-state index contributed by atoms with van der Waals surface area (Å²) < 4.78 is 20.4. The summed E-state index contributed by atoms with van der Waals surface area (Å²) in [5, 5.41) is 4.02. The Labute approximate surface area is 183 Å². The fourth-order valence-corrected chi connectivity index (χ4v) is 2.78. The summed E-state index contributed by atoms with van der Waals surface area (Å²) in [7, 11) is 0. The molecule has 0 bridgehead atoms. The lowest BCUT2D eigenvalue weighted by Gasteiger charge is -2.07. The largest absolute Gasteiger partial charge is 0.489 e. The van der Waals surface area contributed by atoms with E-state index in [1.54, 1.807) is 61.5 Å². The van der Waals surface area contributed by atoms with E-state index in [0.29, 0.717) is 29.2 Å². The molecule has 0 fully saturated rings. The standard InChI is InChI=1S/C24H20BrFN2O2/c1-17(6-9-19-4-2-3-5-23(19)26)27-28-24(29)20-10-14-22(15-11-20)30-16-18-7-12-21(25)13-8-18/h2-15H,16H2,1H3,(H,28,29)/b9-6+,27-17-. The number of amides is 1. The van der Waals surface area contributed by atoms with Crippen LogP contribution in [0.5, 0.6) is 5.75 Å². The second-order valence-corrected chi connectivity index (χ2v) is 7.40. The molecule has 1 amide bonds. The summed E-state index contributed by atoms with van der Waals surface area (Å²) in [6, 6.07) is 21.1. The first-order chi connectivity index (χ1) is 14.5. The van der Waals surface area contributed by atoms with Crippen molar-refractivity contribution in [1.29, 1.82) is 0 Å². The molecule has 0 saturated heterocycles. The SMILES string of the molecule is CC(/C=C/c1ccccc1F)=N/NC(=O)c1ccc(OCc2ccc(Br)cc2)cc1. The molecule has 0 atom stereocenters. The Morgan fingerprint density at radius 1 is 1.07 bits per heavy atom. The fraction of sp³-hybridized carbons (Fsp3) is 0.0833. The molecule has 30 heavy (non-hydrogen) atoms. The quantitative estimate of drug-likeness (QED) is 0.343. The number of nitrogens with zero attached hydrogens (tertiary/aromatic N) is 1. The number of rotatable bonds is 7. The summed E-state index contributed by atoms with van der Waals surface area (Å²) in [6.07, 6.45) is 3.25. The maximum atomic E-state index is 13.6. The van der Waals surface area contributed by atoms with Crippen molar-refractivity contribution < 1.29 is 13.9 Å². The van der Waals surface area contributed by atoms with Crippen LogP contribution in [0.25, 0.3) is 6.08 Å². The summed E-state index contributed by atoms with van der Waals surface area (Å²) >= 11 is 3.40. The van der Waals surface area contributed by atoms with Gasteiger partial charge >= 0.3 is 0 Å². The molecule has 3 rings (SSSR count). The topological polar surface area (TPSA) is 50.7 Å². The van der Waals surface area contributed by atoms with Gasteiger partial charge in [0.25, 0.3) is 5.91 Å². The molecule has 0 aromatic heterocycles. The van der Waals surface area contributed by atoms with E-state index in [9.17, 15) is 9.18 Å². The first-order valence-corrected chi connectivity index (χ1v) is 10.0. The van der Waals surface area contributed by atoms with Gasteiger partial charge in [-0.2, -0.15) is 5.10 Å². The van der Waals surface area contributed by atoms with Crippen molar-refractivity contribution >= 4 is 33.6 Å². The molecule has 4 nitrogen and oxygen atoms in total. The van der Waals surface area contributed by atoms with Crippen molar-refractivity contribution in [3.05, 3.63) is 106 Å². The van der Waals surface area contributed by atoms with Gasteiger partial charge in [-0.25, -0.2) is 9.82 Å². The number of nitrogens with one attached hydrogen (secondary N) is 1. The first-order valence-electron chi connectivity index (χ1n) is 9.26. The molecule has 6 heteroatoms. The zero-order chi connectivity index (χ0) is 21.3. The van der Waals surface area contributed by atoms with Gasteiger partial charge in [-0.05, 0) is 61.0 Å². The first kappa shape index (κ1) is 21.5. The van der Waals surface area contributed by atoms with E-state index in [4.69, 9.17) is 4.74 Å². The zero-order valence-corrected chi connectivity index (χ0v) is 17.9. The van der Waals surface area contributed by atoms with Crippen LogP contribution in [0.4, 0.5) is 4.39 Å². The third kappa shape index (κ3) is 6.39. The van der Waals surface area contributed by atoms with E-state index >= 15 is 0 Å². The van der Waals surface area contributed by atoms with Crippen molar-refractivity contribution in [1.82, 2.24) is 5.43 Å². The van der Waals surface area contributed by atoms with E-state index in [2.05, 4.69) is 26.5 Å². The molecule has 152 valence electrons. The van der Waals surface area contributed by atoms with Crippen molar-refractivity contribution in [2.45, 2.75) is 13.5 Å². The molecule has 0 aliphatic carbocycles. The molecule has 0 saturated carbocycles. The molecule has 3 aromatic carbocycles. The molecule has 0 aliphatic heterocycles. The normalized spacial score (nSPS) is 11.5. The lowest BCUT2D eigenvalue weighted by molar-refractivity contribution is 0.0955. The highest BCUT2D eigenvalue weighted by atomic mass is 79.9. The Morgan fingerprint density at radius 3 is 2.47 bits per heavy atom. The second kappa shape index (κ2) is 10.5. The number of ether oxygens (including phenoxy) is 1. The number of carbonyl (C=O) groups is 1. The highest BCUT2D eigenvalue weighted by molar-refractivity contribution is 9.10. The number of hydrogen-bond acceptors (Lipinski definition) is 3. The molecule has 0 aliphatic rings. The van der Waals surface area contributed by atoms with Crippen LogP contribution in [0.15, 0.2) is 88.4 Å². The van der Waals surface area contributed by atoms with Gasteiger partial charge in [0.1, 0.15) is 18.2 Å². The molecule has 0 unspecified atom stereocenters. The number of halogens is 2. The van der Waals surface area contributed by atoms with E-state index in [0.717, 1.165) is 10.0 Å². The monoisotopic (exact) mass is 466 g/mol. The zero-order valence-electron chi connectivity index (χ0n) is 16.3. The molecular formula is C24H20BrFN2O2.